The number of nitrogens with one attached hydrogen (secondary N) is 1. The van der Waals surface area contributed by atoms with Crippen molar-refractivity contribution in [3.63, 3.8) is 0 Å². The second kappa shape index (κ2) is 8.50. The Kier molecular flexibility index (Phi) is 5.25. The fourth-order valence-corrected chi connectivity index (χ4v) is 3.84. The SMILES string of the molecule is COc1ccccc1Cn1nc(C(=O)NCCc2nnc3ccccn23)c2ccccc21. The van der Waals surface area contributed by atoms with Crippen molar-refractivity contribution in [3.8, 4) is 5.75 Å². The third-order valence-electron chi connectivity index (χ3n) is 5.40. The number of methoxy groups -OCH3 is 1. The van der Waals surface area contributed by atoms with Gasteiger partial charge in [-0.05, 0) is 24.3 Å². The molecular weight excluding hydrogens is 404 g/mol. The highest BCUT2D eigenvalue weighted by atomic mass is 16.5. The Labute approximate surface area is 184 Å². The molecule has 32 heavy (non-hydrogen) atoms. The Balaban J connectivity index is 1.36. The highest BCUT2D eigenvalue weighted by Crippen LogP contribution is 2.23. The summed E-state index contributed by atoms with van der Waals surface area (Å²) in [7, 11) is 1.65. The van der Waals surface area contributed by atoms with E-state index >= 15 is 0 Å². The van der Waals surface area contributed by atoms with Crippen molar-refractivity contribution < 1.29 is 9.53 Å². The first-order valence-electron chi connectivity index (χ1n) is 10.4. The zero-order valence-corrected chi connectivity index (χ0v) is 17.6. The van der Waals surface area contributed by atoms with Gasteiger partial charge in [0.1, 0.15) is 11.6 Å². The third kappa shape index (κ3) is 3.66. The normalized spacial score (nSPS) is 11.2. The van der Waals surface area contributed by atoms with Crippen LogP contribution in [0.1, 0.15) is 21.9 Å². The van der Waals surface area contributed by atoms with Crippen LogP contribution < -0.4 is 10.1 Å². The molecule has 0 saturated carbocycles. The number of aromatic nitrogens is 5. The number of ether oxygens (including phenoxy) is 1. The zero-order valence-electron chi connectivity index (χ0n) is 17.6. The number of amides is 1. The minimum atomic E-state index is -0.214. The summed E-state index contributed by atoms with van der Waals surface area (Å²) in [6.45, 7) is 0.936. The van der Waals surface area contributed by atoms with E-state index in [0.717, 1.165) is 33.7 Å². The molecule has 0 unspecified atom stereocenters. The maximum absolute atomic E-state index is 13.0. The summed E-state index contributed by atoms with van der Waals surface area (Å²) in [5.41, 5.74) is 3.08. The fourth-order valence-electron chi connectivity index (χ4n) is 3.84. The van der Waals surface area contributed by atoms with E-state index in [9.17, 15) is 4.79 Å². The molecule has 0 fully saturated rings. The Morgan fingerprint density at radius 3 is 2.72 bits per heavy atom. The van der Waals surface area contributed by atoms with Crippen molar-refractivity contribution >= 4 is 22.5 Å². The molecule has 160 valence electrons. The summed E-state index contributed by atoms with van der Waals surface area (Å²) < 4.78 is 9.23. The Morgan fingerprint density at radius 2 is 1.81 bits per heavy atom. The first kappa shape index (κ1) is 19.7. The molecule has 0 spiro atoms. The molecule has 8 nitrogen and oxygen atoms in total. The summed E-state index contributed by atoms with van der Waals surface area (Å²) in [5.74, 6) is 1.37. The first-order chi connectivity index (χ1) is 15.7. The van der Waals surface area contributed by atoms with Gasteiger partial charge in [0.15, 0.2) is 11.3 Å². The van der Waals surface area contributed by atoms with Crippen LogP contribution in [0.4, 0.5) is 0 Å². The number of fused-ring (bicyclic) bond motifs is 2. The highest BCUT2D eigenvalue weighted by molar-refractivity contribution is 6.04. The van der Waals surface area contributed by atoms with Crippen LogP contribution in [0.15, 0.2) is 72.9 Å². The third-order valence-corrected chi connectivity index (χ3v) is 5.40. The van der Waals surface area contributed by atoms with Crippen LogP contribution >= 0.6 is 0 Å². The van der Waals surface area contributed by atoms with E-state index in [4.69, 9.17) is 4.74 Å². The zero-order chi connectivity index (χ0) is 21.9. The van der Waals surface area contributed by atoms with Crippen molar-refractivity contribution in [1.82, 2.24) is 29.7 Å². The monoisotopic (exact) mass is 426 g/mol. The number of nitrogens with zero attached hydrogens (tertiary/aromatic N) is 5. The van der Waals surface area contributed by atoms with E-state index in [2.05, 4.69) is 20.6 Å². The molecule has 2 aromatic carbocycles. The van der Waals surface area contributed by atoms with Crippen LogP contribution in [0.3, 0.4) is 0 Å². The van der Waals surface area contributed by atoms with E-state index in [0.29, 0.717) is 25.2 Å². The Hall–Kier alpha value is -4.20. The molecule has 1 N–H and O–H groups in total. The predicted molar refractivity (Wildman–Crippen MR) is 121 cm³/mol. The number of rotatable bonds is 7. The average molecular weight is 426 g/mol. The van der Waals surface area contributed by atoms with Crippen LogP contribution in [0.5, 0.6) is 5.75 Å². The molecule has 5 aromatic rings. The van der Waals surface area contributed by atoms with E-state index in [-0.39, 0.29) is 5.91 Å². The van der Waals surface area contributed by atoms with Gasteiger partial charge in [-0.3, -0.25) is 13.9 Å². The quantitative estimate of drug-likeness (QED) is 0.432. The number of pyridine rings is 1. The molecule has 0 radical (unpaired) electrons. The number of benzene rings is 2. The summed E-state index contributed by atoms with van der Waals surface area (Å²) >= 11 is 0. The lowest BCUT2D eigenvalue weighted by Crippen LogP contribution is -2.27. The van der Waals surface area contributed by atoms with Crippen LogP contribution in [0.2, 0.25) is 0 Å². The van der Waals surface area contributed by atoms with Crippen LogP contribution in [0.25, 0.3) is 16.6 Å². The summed E-state index contributed by atoms with van der Waals surface area (Å²) in [6, 6.07) is 21.3. The minimum absolute atomic E-state index is 0.214. The highest BCUT2D eigenvalue weighted by Gasteiger charge is 2.18. The standard InChI is InChI=1S/C24H22N6O2/c1-32-20-11-5-2-8-17(20)16-30-19-10-4-3-9-18(19)23(28-30)24(31)25-14-13-22-27-26-21-12-6-7-15-29(21)22/h2-12,15H,13-14,16H2,1H3,(H,25,31). The van der Waals surface area contributed by atoms with Gasteiger partial charge in [-0.2, -0.15) is 5.10 Å². The van der Waals surface area contributed by atoms with Gasteiger partial charge < -0.3 is 10.1 Å². The van der Waals surface area contributed by atoms with E-state index < -0.39 is 0 Å². The fraction of sp³-hybridized carbons (Fsp3) is 0.167. The number of carbonyl (C=O) groups excluding carboxylic acids is 1. The lowest BCUT2D eigenvalue weighted by Gasteiger charge is -2.09. The molecule has 0 aliphatic rings. The lowest BCUT2D eigenvalue weighted by atomic mass is 10.2. The maximum atomic E-state index is 13.0. The summed E-state index contributed by atoms with van der Waals surface area (Å²) in [4.78, 5) is 13.0. The van der Waals surface area contributed by atoms with Gasteiger partial charge in [-0.1, -0.05) is 42.5 Å². The van der Waals surface area contributed by atoms with E-state index in [1.165, 1.54) is 0 Å². The van der Waals surface area contributed by atoms with Crippen LogP contribution in [-0.2, 0) is 13.0 Å². The topological polar surface area (TPSA) is 86.3 Å². The molecule has 0 saturated heterocycles. The van der Waals surface area contributed by atoms with Gasteiger partial charge in [0, 0.05) is 30.1 Å². The second-order valence-corrected chi connectivity index (χ2v) is 7.39. The van der Waals surface area contributed by atoms with Crippen LogP contribution in [-0.4, -0.2) is 43.9 Å². The van der Waals surface area contributed by atoms with Gasteiger partial charge in [0.05, 0.1) is 19.2 Å². The second-order valence-electron chi connectivity index (χ2n) is 7.39. The summed E-state index contributed by atoms with van der Waals surface area (Å²) in [6.07, 6.45) is 2.48. The molecule has 8 heteroatoms. The van der Waals surface area contributed by atoms with Gasteiger partial charge in [-0.25, -0.2) is 0 Å². The average Bonchev–Trinajstić information content (AvgIpc) is 3.41. The molecule has 5 rings (SSSR count). The first-order valence-corrected chi connectivity index (χ1v) is 10.4. The smallest absolute Gasteiger partial charge is 0.272 e. The largest absolute Gasteiger partial charge is 0.496 e. The molecular formula is C24H22N6O2. The van der Waals surface area contributed by atoms with Gasteiger partial charge in [0.2, 0.25) is 0 Å². The molecule has 0 aliphatic carbocycles. The van der Waals surface area contributed by atoms with E-state index in [1.807, 2.05) is 82.0 Å². The number of carbonyl (C=O) groups is 1. The minimum Gasteiger partial charge on any atom is -0.496 e. The maximum Gasteiger partial charge on any atom is 0.272 e. The molecule has 3 heterocycles. The molecule has 0 aliphatic heterocycles. The van der Waals surface area contributed by atoms with Crippen molar-refractivity contribution in [3.05, 3.63) is 90.0 Å². The number of hydrogen-bond acceptors (Lipinski definition) is 5. The summed E-state index contributed by atoms with van der Waals surface area (Å²) in [5, 5.41) is 16.8. The van der Waals surface area contributed by atoms with Gasteiger partial charge in [0.25, 0.3) is 5.91 Å². The van der Waals surface area contributed by atoms with Crippen molar-refractivity contribution in [2.24, 2.45) is 0 Å². The predicted octanol–water partition coefficient (Wildman–Crippen LogP) is 3.11. The van der Waals surface area contributed by atoms with Gasteiger partial charge >= 0.3 is 0 Å². The van der Waals surface area contributed by atoms with Crippen molar-refractivity contribution in [2.75, 3.05) is 13.7 Å². The Bertz CT molecular complexity index is 1400. The van der Waals surface area contributed by atoms with E-state index in [1.54, 1.807) is 7.11 Å². The van der Waals surface area contributed by atoms with Crippen molar-refractivity contribution in [2.45, 2.75) is 13.0 Å². The van der Waals surface area contributed by atoms with Crippen molar-refractivity contribution in [1.29, 1.82) is 0 Å². The lowest BCUT2D eigenvalue weighted by molar-refractivity contribution is 0.0949. The molecule has 3 aromatic heterocycles. The number of para-hydroxylation sites is 2. The van der Waals surface area contributed by atoms with Crippen LogP contribution in [0, 0.1) is 0 Å². The Morgan fingerprint density at radius 1 is 1.00 bits per heavy atom. The molecule has 0 bridgehead atoms. The molecule has 0 atom stereocenters. The van der Waals surface area contributed by atoms with Gasteiger partial charge in [-0.15, -0.1) is 10.2 Å². The molecule has 1 amide bonds. The number of hydrogen-bond donors (Lipinski definition) is 1.